The highest BCUT2D eigenvalue weighted by molar-refractivity contribution is 7.13. The second-order valence-electron chi connectivity index (χ2n) is 5.71. The SMILES string of the molecule is Nc1nc(CC(=O)N/N=C/c2cccc(OCc3c(F)cccc3Cl)c2)cs1. The molecule has 0 aliphatic rings. The first-order valence-corrected chi connectivity index (χ1v) is 9.44. The Morgan fingerprint density at radius 3 is 2.93 bits per heavy atom. The van der Waals surface area contributed by atoms with E-state index >= 15 is 0 Å². The highest BCUT2D eigenvalue weighted by Gasteiger charge is 2.08. The molecule has 6 nitrogen and oxygen atoms in total. The molecule has 0 bridgehead atoms. The predicted molar refractivity (Wildman–Crippen MR) is 108 cm³/mol. The average molecular weight is 419 g/mol. The third-order valence-corrected chi connectivity index (χ3v) is 4.69. The summed E-state index contributed by atoms with van der Waals surface area (Å²) in [6.45, 7) is -0.000386. The zero-order chi connectivity index (χ0) is 19.9. The van der Waals surface area contributed by atoms with E-state index in [2.05, 4.69) is 15.5 Å². The molecule has 144 valence electrons. The number of carbonyl (C=O) groups is 1. The number of halogens is 2. The van der Waals surface area contributed by atoms with Gasteiger partial charge in [0.25, 0.3) is 0 Å². The van der Waals surface area contributed by atoms with Crippen molar-refractivity contribution in [1.29, 1.82) is 0 Å². The van der Waals surface area contributed by atoms with E-state index in [1.807, 2.05) is 0 Å². The molecule has 3 N–H and O–H groups in total. The fourth-order valence-corrected chi connectivity index (χ4v) is 3.08. The third kappa shape index (κ3) is 5.51. The maximum Gasteiger partial charge on any atom is 0.246 e. The molecule has 1 amide bonds. The van der Waals surface area contributed by atoms with Crippen molar-refractivity contribution >= 4 is 40.2 Å². The highest BCUT2D eigenvalue weighted by Crippen LogP contribution is 2.21. The minimum atomic E-state index is -0.421. The van der Waals surface area contributed by atoms with Gasteiger partial charge < -0.3 is 10.5 Å². The predicted octanol–water partition coefficient (Wildman–Crippen LogP) is 3.79. The van der Waals surface area contributed by atoms with Crippen LogP contribution in [0.25, 0.3) is 0 Å². The Hall–Kier alpha value is -2.97. The molecule has 0 aliphatic carbocycles. The van der Waals surface area contributed by atoms with E-state index < -0.39 is 5.82 Å². The molecular formula is C19H16ClFN4O2S. The lowest BCUT2D eigenvalue weighted by Gasteiger charge is -2.09. The monoisotopic (exact) mass is 418 g/mol. The van der Waals surface area contributed by atoms with E-state index in [1.165, 1.54) is 29.7 Å². The third-order valence-electron chi connectivity index (χ3n) is 3.62. The number of hydrazone groups is 1. The molecule has 0 radical (unpaired) electrons. The van der Waals surface area contributed by atoms with E-state index in [4.69, 9.17) is 22.1 Å². The maximum atomic E-state index is 13.8. The lowest BCUT2D eigenvalue weighted by atomic mass is 10.2. The first-order chi connectivity index (χ1) is 13.5. The number of amides is 1. The van der Waals surface area contributed by atoms with Gasteiger partial charge in [-0.05, 0) is 29.8 Å². The van der Waals surface area contributed by atoms with Gasteiger partial charge in [0.15, 0.2) is 5.13 Å². The lowest BCUT2D eigenvalue weighted by molar-refractivity contribution is -0.120. The first-order valence-electron chi connectivity index (χ1n) is 8.19. The Morgan fingerprint density at radius 2 is 2.18 bits per heavy atom. The minimum Gasteiger partial charge on any atom is -0.489 e. The molecule has 3 rings (SSSR count). The van der Waals surface area contributed by atoms with Crippen LogP contribution in [-0.2, 0) is 17.8 Å². The number of benzene rings is 2. The Balaban J connectivity index is 1.55. The summed E-state index contributed by atoms with van der Waals surface area (Å²) in [6, 6.07) is 11.5. The fraction of sp³-hybridized carbons (Fsp3) is 0.105. The summed E-state index contributed by atoms with van der Waals surface area (Å²) < 4.78 is 19.4. The van der Waals surface area contributed by atoms with Gasteiger partial charge in [-0.15, -0.1) is 11.3 Å². The molecule has 0 saturated carbocycles. The van der Waals surface area contributed by atoms with Crippen LogP contribution in [-0.4, -0.2) is 17.1 Å². The molecule has 28 heavy (non-hydrogen) atoms. The van der Waals surface area contributed by atoms with Gasteiger partial charge in [0.05, 0.1) is 23.4 Å². The Kier molecular flexibility index (Phi) is 6.57. The smallest absolute Gasteiger partial charge is 0.246 e. The van der Waals surface area contributed by atoms with Crippen molar-refractivity contribution in [2.24, 2.45) is 5.10 Å². The zero-order valence-corrected chi connectivity index (χ0v) is 16.1. The summed E-state index contributed by atoms with van der Waals surface area (Å²) in [6.07, 6.45) is 1.58. The highest BCUT2D eigenvalue weighted by atomic mass is 35.5. The van der Waals surface area contributed by atoms with Crippen LogP contribution in [0.15, 0.2) is 52.9 Å². The largest absolute Gasteiger partial charge is 0.489 e. The minimum absolute atomic E-state index is 0.000386. The number of thiazole rings is 1. The van der Waals surface area contributed by atoms with Crippen LogP contribution < -0.4 is 15.9 Å². The number of nitrogens with zero attached hydrogens (tertiary/aromatic N) is 2. The summed E-state index contributed by atoms with van der Waals surface area (Å²) in [5, 5.41) is 6.36. The van der Waals surface area contributed by atoms with Crippen LogP contribution in [0.4, 0.5) is 9.52 Å². The molecule has 0 spiro atoms. The number of carbonyl (C=O) groups excluding carboxylic acids is 1. The van der Waals surface area contributed by atoms with Gasteiger partial charge in [0.1, 0.15) is 18.2 Å². The summed E-state index contributed by atoms with van der Waals surface area (Å²) in [4.78, 5) is 15.8. The summed E-state index contributed by atoms with van der Waals surface area (Å²) in [5.74, 6) is -0.203. The molecule has 0 saturated heterocycles. The Morgan fingerprint density at radius 1 is 1.36 bits per heavy atom. The topological polar surface area (TPSA) is 89.6 Å². The van der Waals surface area contributed by atoms with Gasteiger partial charge in [-0.1, -0.05) is 29.8 Å². The van der Waals surface area contributed by atoms with Crippen molar-refractivity contribution in [2.75, 3.05) is 5.73 Å². The van der Waals surface area contributed by atoms with Crippen LogP contribution in [0, 0.1) is 5.82 Å². The van der Waals surface area contributed by atoms with Crippen LogP contribution >= 0.6 is 22.9 Å². The number of nitrogen functional groups attached to an aromatic ring is 1. The van der Waals surface area contributed by atoms with Crippen LogP contribution in [0.3, 0.4) is 0 Å². The molecule has 1 heterocycles. The van der Waals surface area contributed by atoms with Gasteiger partial charge >= 0.3 is 0 Å². The molecule has 3 aromatic rings. The average Bonchev–Trinajstić information content (AvgIpc) is 3.06. The molecule has 2 aromatic carbocycles. The number of nitrogens with two attached hydrogens (primary N) is 1. The quantitative estimate of drug-likeness (QED) is 0.451. The van der Waals surface area contributed by atoms with Gasteiger partial charge in [-0.2, -0.15) is 5.10 Å². The summed E-state index contributed by atoms with van der Waals surface area (Å²) in [7, 11) is 0. The van der Waals surface area contributed by atoms with E-state index in [-0.39, 0.29) is 24.5 Å². The van der Waals surface area contributed by atoms with Crippen molar-refractivity contribution in [2.45, 2.75) is 13.0 Å². The summed E-state index contributed by atoms with van der Waals surface area (Å²) >= 11 is 7.27. The van der Waals surface area contributed by atoms with Gasteiger partial charge in [-0.25, -0.2) is 14.8 Å². The van der Waals surface area contributed by atoms with Crippen molar-refractivity contribution in [1.82, 2.24) is 10.4 Å². The number of aromatic nitrogens is 1. The first kappa shape index (κ1) is 19.8. The number of rotatable bonds is 7. The molecular weight excluding hydrogens is 403 g/mol. The van der Waals surface area contributed by atoms with Crippen molar-refractivity contribution < 1.29 is 13.9 Å². The van der Waals surface area contributed by atoms with Crippen LogP contribution in [0.5, 0.6) is 5.75 Å². The second-order valence-corrected chi connectivity index (χ2v) is 7.01. The van der Waals surface area contributed by atoms with Gasteiger partial charge in [-0.3, -0.25) is 4.79 Å². The van der Waals surface area contributed by atoms with Crippen LogP contribution in [0.2, 0.25) is 5.02 Å². The van der Waals surface area contributed by atoms with Gasteiger partial charge in [0.2, 0.25) is 5.91 Å². The van der Waals surface area contributed by atoms with Crippen LogP contribution in [0.1, 0.15) is 16.8 Å². The lowest BCUT2D eigenvalue weighted by Crippen LogP contribution is -2.19. The standard InChI is InChI=1S/C19H16ClFN4O2S/c20-16-5-2-6-17(21)15(16)10-27-14-4-1-3-12(7-14)9-23-25-18(26)8-13-11-28-19(22)24-13/h1-7,9,11H,8,10H2,(H2,22,24)(H,25,26)/b23-9+. The number of hydrogen-bond donors (Lipinski definition) is 2. The second kappa shape index (κ2) is 9.29. The zero-order valence-electron chi connectivity index (χ0n) is 14.6. The normalized spacial score (nSPS) is 10.9. The van der Waals surface area contributed by atoms with Crippen molar-refractivity contribution in [3.63, 3.8) is 0 Å². The molecule has 0 fully saturated rings. The number of hydrogen-bond acceptors (Lipinski definition) is 6. The van der Waals surface area contributed by atoms with Gasteiger partial charge in [0, 0.05) is 10.9 Å². The molecule has 9 heteroatoms. The number of ether oxygens (including phenoxy) is 1. The van der Waals surface area contributed by atoms with Crippen molar-refractivity contribution in [3.05, 3.63) is 75.5 Å². The summed E-state index contributed by atoms with van der Waals surface area (Å²) in [5.41, 5.74) is 9.55. The number of nitrogens with one attached hydrogen (secondary N) is 1. The van der Waals surface area contributed by atoms with E-state index in [0.29, 0.717) is 27.2 Å². The molecule has 0 atom stereocenters. The Labute approximate surface area is 169 Å². The molecule has 1 aromatic heterocycles. The fourth-order valence-electron chi connectivity index (χ4n) is 2.30. The van der Waals surface area contributed by atoms with E-state index in [9.17, 15) is 9.18 Å². The maximum absolute atomic E-state index is 13.8. The molecule has 0 aliphatic heterocycles. The number of anilines is 1. The van der Waals surface area contributed by atoms with E-state index in [1.54, 1.807) is 35.7 Å². The Bertz CT molecular complexity index is 989. The molecule has 0 unspecified atom stereocenters. The van der Waals surface area contributed by atoms with E-state index in [0.717, 1.165) is 0 Å². The van der Waals surface area contributed by atoms with Crippen molar-refractivity contribution in [3.8, 4) is 5.75 Å².